The topological polar surface area (TPSA) is 62.7 Å². The molecule has 1 aliphatic rings. The molecule has 3 rings (SSSR count). The van der Waals surface area contributed by atoms with Crippen LogP contribution in [0.15, 0.2) is 36.8 Å². The van der Waals surface area contributed by atoms with E-state index in [2.05, 4.69) is 25.6 Å². The van der Waals surface area contributed by atoms with Crippen LogP contribution in [0.3, 0.4) is 0 Å². The average molecular weight is 269 g/mol. The maximum atomic E-state index is 4.50. The van der Waals surface area contributed by atoms with Gasteiger partial charge in [-0.3, -0.25) is 4.98 Å². The Balaban J connectivity index is 1.59. The van der Waals surface area contributed by atoms with Gasteiger partial charge in [-0.15, -0.1) is 0 Å². The predicted molar refractivity (Wildman–Crippen MR) is 79.5 cm³/mol. The summed E-state index contributed by atoms with van der Waals surface area (Å²) < 4.78 is 0. The lowest BCUT2D eigenvalue weighted by Crippen LogP contribution is -2.17. The molecule has 5 heteroatoms. The van der Waals surface area contributed by atoms with Crippen LogP contribution < -0.4 is 10.6 Å². The van der Waals surface area contributed by atoms with Gasteiger partial charge >= 0.3 is 0 Å². The molecule has 0 bridgehead atoms. The molecule has 2 heterocycles. The first-order valence-electron chi connectivity index (χ1n) is 7.12. The SMILES string of the molecule is c1cc(CNc2ccnc(NC3CCCC3)n2)ccn1. The third kappa shape index (κ3) is 3.44. The Morgan fingerprint density at radius 3 is 2.65 bits per heavy atom. The summed E-state index contributed by atoms with van der Waals surface area (Å²) in [6, 6.07) is 6.41. The zero-order valence-corrected chi connectivity index (χ0v) is 11.4. The van der Waals surface area contributed by atoms with E-state index in [0.29, 0.717) is 6.04 Å². The maximum absolute atomic E-state index is 4.50. The number of nitrogens with zero attached hydrogens (tertiary/aromatic N) is 3. The van der Waals surface area contributed by atoms with Gasteiger partial charge in [-0.25, -0.2) is 4.98 Å². The van der Waals surface area contributed by atoms with Crippen LogP contribution in [0, 0.1) is 0 Å². The summed E-state index contributed by atoms with van der Waals surface area (Å²) >= 11 is 0. The molecule has 2 aromatic heterocycles. The van der Waals surface area contributed by atoms with Gasteiger partial charge in [-0.2, -0.15) is 4.98 Å². The molecule has 0 saturated heterocycles. The molecule has 0 amide bonds. The molecule has 0 radical (unpaired) electrons. The van der Waals surface area contributed by atoms with Crippen molar-refractivity contribution in [3.8, 4) is 0 Å². The first-order chi connectivity index (χ1) is 9.90. The molecule has 0 atom stereocenters. The van der Waals surface area contributed by atoms with Crippen molar-refractivity contribution in [1.82, 2.24) is 15.0 Å². The second-order valence-electron chi connectivity index (χ2n) is 5.10. The van der Waals surface area contributed by atoms with Gasteiger partial charge in [0.15, 0.2) is 0 Å². The smallest absolute Gasteiger partial charge is 0.224 e. The molecule has 5 nitrogen and oxygen atoms in total. The van der Waals surface area contributed by atoms with Crippen molar-refractivity contribution < 1.29 is 0 Å². The summed E-state index contributed by atoms with van der Waals surface area (Å²) in [5, 5.41) is 6.71. The zero-order chi connectivity index (χ0) is 13.6. The van der Waals surface area contributed by atoms with Crippen LogP contribution in [0.5, 0.6) is 0 Å². The van der Waals surface area contributed by atoms with E-state index in [1.807, 2.05) is 18.2 Å². The third-order valence-electron chi connectivity index (χ3n) is 3.57. The van der Waals surface area contributed by atoms with Crippen LogP contribution in [0.4, 0.5) is 11.8 Å². The van der Waals surface area contributed by atoms with E-state index in [1.54, 1.807) is 18.6 Å². The summed E-state index contributed by atoms with van der Waals surface area (Å²) in [4.78, 5) is 12.8. The third-order valence-corrected chi connectivity index (χ3v) is 3.57. The van der Waals surface area contributed by atoms with Crippen molar-refractivity contribution >= 4 is 11.8 Å². The lowest BCUT2D eigenvalue weighted by atomic mass is 10.2. The molecule has 104 valence electrons. The van der Waals surface area contributed by atoms with Crippen LogP contribution in [0.2, 0.25) is 0 Å². The average Bonchev–Trinajstić information content (AvgIpc) is 3.00. The summed E-state index contributed by atoms with van der Waals surface area (Å²) in [7, 11) is 0. The number of anilines is 2. The fourth-order valence-electron chi connectivity index (χ4n) is 2.47. The van der Waals surface area contributed by atoms with Crippen molar-refractivity contribution in [3.63, 3.8) is 0 Å². The minimum Gasteiger partial charge on any atom is -0.366 e. The number of rotatable bonds is 5. The van der Waals surface area contributed by atoms with Crippen LogP contribution >= 0.6 is 0 Å². The highest BCUT2D eigenvalue weighted by Crippen LogP contribution is 2.21. The number of pyridine rings is 1. The Hall–Kier alpha value is -2.17. The predicted octanol–water partition coefficient (Wildman–Crippen LogP) is 2.84. The summed E-state index contributed by atoms with van der Waals surface area (Å²) in [6.45, 7) is 0.738. The van der Waals surface area contributed by atoms with Gasteiger partial charge < -0.3 is 10.6 Å². The molecule has 0 unspecified atom stereocenters. The molecular formula is C15H19N5. The highest BCUT2D eigenvalue weighted by atomic mass is 15.1. The van der Waals surface area contributed by atoms with Crippen molar-refractivity contribution in [2.24, 2.45) is 0 Å². The Morgan fingerprint density at radius 2 is 1.85 bits per heavy atom. The minimum absolute atomic E-state index is 0.533. The monoisotopic (exact) mass is 269 g/mol. The van der Waals surface area contributed by atoms with Crippen molar-refractivity contribution in [2.45, 2.75) is 38.3 Å². The molecular weight excluding hydrogens is 250 g/mol. The normalized spacial score (nSPS) is 15.2. The first kappa shape index (κ1) is 12.8. The number of nitrogens with one attached hydrogen (secondary N) is 2. The van der Waals surface area contributed by atoms with Crippen LogP contribution in [-0.4, -0.2) is 21.0 Å². The van der Waals surface area contributed by atoms with Gasteiger partial charge in [0.2, 0.25) is 5.95 Å². The largest absolute Gasteiger partial charge is 0.366 e. The molecule has 1 aliphatic carbocycles. The Kier molecular flexibility index (Phi) is 4.06. The van der Waals surface area contributed by atoms with E-state index in [-0.39, 0.29) is 0 Å². The molecule has 1 saturated carbocycles. The van der Waals surface area contributed by atoms with Gasteiger partial charge in [0.25, 0.3) is 0 Å². The molecule has 2 N–H and O–H groups in total. The lowest BCUT2D eigenvalue weighted by Gasteiger charge is -2.12. The van der Waals surface area contributed by atoms with Crippen molar-refractivity contribution in [2.75, 3.05) is 10.6 Å². The maximum Gasteiger partial charge on any atom is 0.224 e. The van der Waals surface area contributed by atoms with E-state index < -0.39 is 0 Å². The Morgan fingerprint density at radius 1 is 1.05 bits per heavy atom. The van der Waals surface area contributed by atoms with Gasteiger partial charge in [0.05, 0.1) is 0 Å². The van der Waals surface area contributed by atoms with Crippen LogP contribution in [-0.2, 0) is 6.54 Å². The van der Waals surface area contributed by atoms with Gasteiger partial charge in [-0.1, -0.05) is 12.8 Å². The number of aromatic nitrogens is 3. The van der Waals surface area contributed by atoms with Gasteiger partial charge in [0.1, 0.15) is 5.82 Å². The molecule has 2 aromatic rings. The van der Waals surface area contributed by atoms with E-state index in [0.717, 1.165) is 18.3 Å². The highest BCUT2D eigenvalue weighted by Gasteiger charge is 2.15. The second kappa shape index (κ2) is 6.32. The standard InChI is InChI=1S/C15H19N5/c1-2-4-13(3-1)19-15-17-10-7-14(20-15)18-11-12-5-8-16-9-6-12/h5-10,13H,1-4,11H2,(H2,17,18,19,20). The van der Waals surface area contributed by atoms with Gasteiger partial charge in [0, 0.05) is 31.2 Å². The van der Waals surface area contributed by atoms with Crippen LogP contribution in [0.25, 0.3) is 0 Å². The van der Waals surface area contributed by atoms with Gasteiger partial charge in [-0.05, 0) is 36.6 Å². The second-order valence-corrected chi connectivity index (χ2v) is 5.10. The lowest BCUT2D eigenvalue weighted by molar-refractivity contribution is 0.744. The quantitative estimate of drug-likeness (QED) is 0.874. The molecule has 1 fully saturated rings. The van der Waals surface area contributed by atoms with E-state index in [1.165, 1.54) is 31.2 Å². The molecule has 0 aliphatic heterocycles. The fourth-order valence-corrected chi connectivity index (χ4v) is 2.47. The summed E-state index contributed by atoms with van der Waals surface area (Å²) in [6.07, 6.45) is 10.4. The minimum atomic E-state index is 0.533. The van der Waals surface area contributed by atoms with Crippen molar-refractivity contribution in [1.29, 1.82) is 0 Å². The molecule has 0 spiro atoms. The first-order valence-corrected chi connectivity index (χ1v) is 7.12. The van der Waals surface area contributed by atoms with E-state index in [9.17, 15) is 0 Å². The highest BCUT2D eigenvalue weighted by molar-refractivity contribution is 5.40. The van der Waals surface area contributed by atoms with Crippen molar-refractivity contribution in [3.05, 3.63) is 42.4 Å². The van der Waals surface area contributed by atoms with Crippen LogP contribution in [0.1, 0.15) is 31.2 Å². The molecule has 0 aromatic carbocycles. The Labute approximate surface area is 118 Å². The zero-order valence-electron chi connectivity index (χ0n) is 11.4. The molecule has 20 heavy (non-hydrogen) atoms. The van der Waals surface area contributed by atoms with E-state index >= 15 is 0 Å². The number of hydrogen-bond acceptors (Lipinski definition) is 5. The summed E-state index contributed by atoms with van der Waals surface area (Å²) in [5.41, 5.74) is 1.18. The van der Waals surface area contributed by atoms with E-state index in [4.69, 9.17) is 0 Å². The Bertz CT molecular complexity index is 537. The number of hydrogen-bond donors (Lipinski definition) is 2. The fraction of sp³-hybridized carbons (Fsp3) is 0.400. The summed E-state index contributed by atoms with van der Waals surface area (Å²) in [5.74, 6) is 1.56.